The molecule has 2 heteroatoms. The van der Waals surface area contributed by atoms with Crippen LogP contribution < -0.4 is 0 Å². The maximum atomic E-state index is 11.4. The maximum absolute atomic E-state index is 11.4. The van der Waals surface area contributed by atoms with Gasteiger partial charge < -0.3 is 4.74 Å². The Morgan fingerprint density at radius 1 is 1.24 bits per heavy atom. The van der Waals surface area contributed by atoms with Crippen LogP contribution in [-0.4, -0.2) is 12.6 Å². The highest BCUT2D eigenvalue weighted by Crippen LogP contribution is 2.15. The van der Waals surface area contributed by atoms with Crippen molar-refractivity contribution in [3.8, 4) is 0 Å². The van der Waals surface area contributed by atoms with Crippen molar-refractivity contribution in [3.63, 3.8) is 0 Å². The second-order valence-electron chi connectivity index (χ2n) is 4.21. The van der Waals surface area contributed by atoms with Crippen LogP contribution in [0.15, 0.2) is 24.3 Å². The number of carbonyl (C=O) groups excluding carboxylic acids is 1. The van der Waals surface area contributed by atoms with E-state index in [1.165, 1.54) is 6.42 Å². The fourth-order valence-corrected chi connectivity index (χ4v) is 1.24. The molecule has 17 heavy (non-hydrogen) atoms. The molecule has 0 saturated heterocycles. The first-order chi connectivity index (χ1) is 8.06. The standard InChI is InChI=1S/C12H16O2.C3H8/c1-4-14-12(13)11-7-5-6-10(8-11)9(2)3;1-3-2/h5-9H,4H2,1-3H3;3H2,1-2H3. The molecule has 0 amide bonds. The van der Waals surface area contributed by atoms with E-state index in [0.717, 1.165) is 5.56 Å². The van der Waals surface area contributed by atoms with E-state index in [-0.39, 0.29) is 5.97 Å². The summed E-state index contributed by atoms with van der Waals surface area (Å²) >= 11 is 0. The third kappa shape index (κ3) is 6.10. The summed E-state index contributed by atoms with van der Waals surface area (Å²) in [7, 11) is 0. The van der Waals surface area contributed by atoms with Gasteiger partial charge in [0.25, 0.3) is 0 Å². The zero-order valence-electron chi connectivity index (χ0n) is 11.6. The summed E-state index contributed by atoms with van der Waals surface area (Å²) in [6, 6.07) is 7.58. The Balaban J connectivity index is 0.000000770. The minimum atomic E-state index is -0.241. The second-order valence-corrected chi connectivity index (χ2v) is 4.21. The normalized spacial score (nSPS) is 9.53. The van der Waals surface area contributed by atoms with Crippen LogP contribution in [0.1, 0.15) is 62.9 Å². The van der Waals surface area contributed by atoms with Crippen LogP contribution in [0.2, 0.25) is 0 Å². The van der Waals surface area contributed by atoms with Gasteiger partial charge in [0.2, 0.25) is 0 Å². The van der Waals surface area contributed by atoms with Crippen LogP contribution in [0.3, 0.4) is 0 Å². The SMILES string of the molecule is CCC.CCOC(=O)c1cccc(C(C)C)c1. The molecule has 0 fully saturated rings. The number of rotatable bonds is 3. The molecule has 0 aromatic heterocycles. The topological polar surface area (TPSA) is 26.3 Å². The molecule has 0 spiro atoms. The average molecular weight is 236 g/mol. The molecule has 0 saturated carbocycles. The van der Waals surface area contributed by atoms with Crippen LogP contribution in [0.5, 0.6) is 0 Å². The maximum Gasteiger partial charge on any atom is 0.338 e. The minimum Gasteiger partial charge on any atom is -0.462 e. The summed E-state index contributed by atoms with van der Waals surface area (Å²) in [6.07, 6.45) is 1.25. The highest BCUT2D eigenvalue weighted by atomic mass is 16.5. The number of hydrogen-bond acceptors (Lipinski definition) is 2. The molecule has 0 unspecified atom stereocenters. The Kier molecular flexibility index (Phi) is 8.12. The van der Waals surface area contributed by atoms with Crippen LogP contribution >= 0.6 is 0 Å². The summed E-state index contributed by atoms with van der Waals surface area (Å²) in [5, 5.41) is 0. The molecule has 0 aliphatic heterocycles. The predicted molar refractivity (Wildman–Crippen MR) is 72.5 cm³/mol. The van der Waals surface area contributed by atoms with E-state index < -0.39 is 0 Å². The van der Waals surface area contributed by atoms with Crippen molar-refractivity contribution >= 4 is 5.97 Å². The molecular weight excluding hydrogens is 212 g/mol. The van der Waals surface area contributed by atoms with Crippen LogP contribution in [0.25, 0.3) is 0 Å². The number of hydrogen-bond donors (Lipinski definition) is 0. The summed E-state index contributed by atoms with van der Waals surface area (Å²) in [4.78, 5) is 11.4. The molecule has 1 aromatic carbocycles. The number of benzene rings is 1. The van der Waals surface area contributed by atoms with Gasteiger partial charge in [0.15, 0.2) is 0 Å². The van der Waals surface area contributed by atoms with E-state index >= 15 is 0 Å². The van der Waals surface area contributed by atoms with Gasteiger partial charge in [0, 0.05) is 0 Å². The fraction of sp³-hybridized carbons (Fsp3) is 0.533. The highest BCUT2D eigenvalue weighted by molar-refractivity contribution is 5.89. The van der Waals surface area contributed by atoms with E-state index in [2.05, 4.69) is 27.7 Å². The molecule has 96 valence electrons. The lowest BCUT2D eigenvalue weighted by Gasteiger charge is -2.07. The molecule has 0 bridgehead atoms. The third-order valence-corrected chi connectivity index (χ3v) is 2.06. The van der Waals surface area contributed by atoms with Crippen LogP contribution in [-0.2, 0) is 4.74 Å². The molecule has 1 aromatic rings. The highest BCUT2D eigenvalue weighted by Gasteiger charge is 2.07. The van der Waals surface area contributed by atoms with E-state index in [1.807, 2.05) is 25.1 Å². The summed E-state index contributed by atoms with van der Waals surface area (Å²) in [5.74, 6) is 0.194. The Morgan fingerprint density at radius 3 is 2.29 bits per heavy atom. The number of carbonyl (C=O) groups is 1. The van der Waals surface area contributed by atoms with E-state index in [0.29, 0.717) is 18.1 Å². The first kappa shape index (κ1) is 15.7. The first-order valence-corrected chi connectivity index (χ1v) is 6.33. The van der Waals surface area contributed by atoms with Gasteiger partial charge in [-0.15, -0.1) is 0 Å². The van der Waals surface area contributed by atoms with Gasteiger partial charge in [-0.05, 0) is 30.5 Å². The zero-order valence-corrected chi connectivity index (χ0v) is 11.6. The smallest absolute Gasteiger partial charge is 0.338 e. The first-order valence-electron chi connectivity index (χ1n) is 6.33. The molecule has 0 heterocycles. The van der Waals surface area contributed by atoms with Gasteiger partial charge in [-0.2, -0.15) is 0 Å². The van der Waals surface area contributed by atoms with Crippen molar-refractivity contribution in [3.05, 3.63) is 35.4 Å². The summed E-state index contributed by atoms with van der Waals surface area (Å²) < 4.78 is 4.92. The van der Waals surface area contributed by atoms with Gasteiger partial charge in [0.05, 0.1) is 12.2 Å². The van der Waals surface area contributed by atoms with Gasteiger partial charge >= 0.3 is 5.97 Å². The molecule has 0 radical (unpaired) electrons. The van der Waals surface area contributed by atoms with Gasteiger partial charge in [-0.1, -0.05) is 46.2 Å². The zero-order chi connectivity index (χ0) is 13.3. The fourth-order valence-electron chi connectivity index (χ4n) is 1.24. The van der Waals surface area contributed by atoms with Crippen molar-refractivity contribution in [2.24, 2.45) is 0 Å². The second kappa shape index (κ2) is 8.80. The molecule has 0 aliphatic carbocycles. The number of esters is 1. The molecule has 0 atom stereocenters. The van der Waals surface area contributed by atoms with Crippen molar-refractivity contribution < 1.29 is 9.53 Å². The largest absolute Gasteiger partial charge is 0.462 e. The monoisotopic (exact) mass is 236 g/mol. The van der Waals surface area contributed by atoms with E-state index in [9.17, 15) is 4.79 Å². The summed E-state index contributed by atoms with van der Waals surface area (Å²) in [6.45, 7) is 10.7. The molecular formula is C15H24O2. The van der Waals surface area contributed by atoms with Crippen molar-refractivity contribution in [1.29, 1.82) is 0 Å². The lowest BCUT2D eigenvalue weighted by molar-refractivity contribution is 0.0526. The Bertz CT molecular complexity index is 329. The molecule has 0 aliphatic rings. The Morgan fingerprint density at radius 2 is 1.82 bits per heavy atom. The van der Waals surface area contributed by atoms with Crippen molar-refractivity contribution in [2.75, 3.05) is 6.61 Å². The summed E-state index contributed by atoms with van der Waals surface area (Å²) in [5.41, 5.74) is 1.80. The predicted octanol–water partition coefficient (Wildman–Crippen LogP) is 4.40. The van der Waals surface area contributed by atoms with E-state index in [1.54, 1.807) is 6.07 Å². The minimum absolute atomic E-state index is 0.241. The van der Waals surface area contributed by atoms with Crippen molar-refractivity contribution in [2.45, 2.75) is 47.0 Å². The van der Waals surface area contributed by atoms with Gasteiger partial charge in [-0.3, -0.25) is 0 Å². The molecule has 1 rings (SSSR count). The molecule has 2 nitrogen and oxygen atoms in total. The third-order valence-electron chi connectivity index (χ3n) is 2.06. The van der Waals surface area contributed by atoms with Gasteiger partial charge in [-0.25, -0.2) is 4.79 Å². The molecule has 0 N–H and O–H groups in total. The lowest BCUT2D eigenvalue weighted by Crippen LogP contribution is -2.05. The Hall–Kier alpha value is -1.31. The van der Waals surface area contributed by atoms with Crippen molar-refractivity contribution in [1.82, 2.24) is 0 Å². The van der Waals surface area contributed by atoms with Crippen LogP contribution in [0, 0.1) is 0 Å². The quantitative estimate of drug-likeness (QED) is 0.727. The van der Waals surface area contributed by atoms with Gasteiger partial charge in [0.1, 0.15) is 0 Å². The van der Waals surface area contributed by atoms with E-state index in [4.69, 9.17) is 4.74 Å². The van der Waals surface area contributed by atoms with Crippen LogP contribution in [0.4, 0.5) is 0 Å². The Labute approximate surface area is 105 Å². The average Bonchev–Trinajstić information content (AvgIpc) is 2.30. The lowest BCUT2D eigenvalue weighted by atomic mass is 10.0. The number of ether oxygens (including phenoxy) is 1.